The smallest absolute Gasteiger partial charge is 0.189 e. The van der Waals surface area contributed by atoms with Gasteiger partial charge in [-0.25, -0.2) is 0 Å². The summed E-state index contributed by atoms with van der Waals surface area (Å²) in [7, 11) is 0. The number of allylic oxidation sites excluding steroid dienone is 3. The summed E-state index contributed by atoms with van der Waals surface area (Å²) in [5.41, 5.74) is 2.05. The number of aromatic hydroxyl groups is 3. The first-order chi connectivity index (χ1) is 12.9. The van der Waals surface area contributed by atoms with Gasteiger partial charge in [-0.1, -0.05) is 29.9 Å². The molecule has 0 saturated carbocycles. The van der Waals surface area contributed by atoms with E-state index in [1.165, 1.54) is 30.3 Å². The Morgan fingerprint density at radius 1 is 1.04 bits per heavy atom. The molecule has 0 aliphatic carbocycles. The first-order valence-electron chi connectivity index (χ1n) is 8.57. The van der Waals surface area contributed by atoms with Crippen molar-refractivity contribution in [3.63, 3.8) is 0 Å². The first-order valence-corrected chi connectivity index (χ1v) is 8.57. The van der Waals surface area contributed by atoms with Crippen molar-refractivity contribution >= 4 is 18.1 Å². The molecule has 0 fully saturated rings. The van der Waals surface area contributed by atoms with Gasteiger partial charge in [-0.3, -0.25) is 4.79 Å². The van der Waals surface area contributed by atoms with Gasteiger partial charge in [0, 0.05) is 12.0 Å². The van der Waals surface area contributed by atoms with Gasteiger partial charge in [-0.15, -0.1) is 0 Å². The highest BCUT2D eigenvalue weighted by Crippen LogP contribution is 2.32. The molecule has 5 heteroatoms. The van der Waals surface area contributed by atoms with Crippen LogP contribution in [0.3, 0.4) is 0 Å². The Morgan fingerprint density at radius 2 is 1.74 bits per heavy atom. The van der Waals surface area contributed by atoms with Gasteiger partial charge >= 0.3 is 0 Å². The minimum absolute atomic E-state index is 0.0917. The summed E-state index contributed by atoms with van der Waals surface area (Å²) in [5.74, 6) is -0.611. The molecule has 0 heterocycles. The molecule has 2 aromatic rings. The van der Waals surface area contributed by atoms with Crippen LogP contribution in [0.5, 0.6) is 17.2 Å². The van der Waals surface area contributed by atoms with Crippen LogP contribution in [0.15, 0.2) is 54.1 Å². The first kappa shape index (κ1) is 20.0. The van der Waals surface area contributed by atoms with Crippen LogP contribution in [-0.4, -0.2) is 27.4 Å². The third-order valence-electron chi connectivity index (χ3n) is 4.15. The second-order valence-corrected chi connectivity index (χ2v) is 6.21. The minimum Gasteiger partial charge on any atom is -0.508 e. The summed E-state index contributed by atoms with van der Waals surface area (Å²) in [4.78, 5) is 22.8. The second-order valence-electron chi connectivity index (χ2n) is 6.21. The van der Waals surface area contributed by atoms with Crippen LogP contribution in [-0.2, 0) is 11.2 Å². The molecule has 0 unspecified atom stereocenters. The van der Waals surface area contributed by atoms with E-state index in [1.807, 2.05) is 13.0 Å². The zero-order valence-electron chi connectivity index (χ0n) is 15.1. The summed E-state index contributed by atoms with van der Waals surface area (Å²) in [5, 5.41) is 29.7. The molecule has 0 aromatic heterocycles. The summed E-state index contributed by atoms with van der Waals surface area (Å²) in [6, 6.07) is 9.10. The monoisotopic (exact) mass is 366 g/mol. The molecule has 27 heavy (non-hydrogen) atoms. The third-order valence-corrected chi connectivity index (χ3v) is 4.15. The maximum Gasteiger partial charge on any atom is 0.189 e. The Kier molecular flexibility index (Phi) is 6.94. The zero-order valence-corrected chi connectivity index (χ0v) is 15.1. The van der Waals surface area contributed by atoms with E-state index in [0.717, 1.165) is 17.4 Å². The largest absolute Gasteiger partial charge is 0.508 e. The third kappa shape index (κ3) is 5.57. The highest BCUT2D eigenvalue weighted by Gasteiger charge is 2.15. The Morgan fingerprint density at radius 3 is 2.41 bits per heavy atom. The molecule has 0 atom stereocenters. The molecule has 2 rings (SSSR count). The van der Waals surface area contributed by atoms with Crippen LogP contribution in [0, 0.1) is 0 Å². The van der Waals surface area contributed by atoms with Crippen LogP contribution in [0.1, 0.15) is 41.3 Å². The highest BCUT2D eigenvalue weighted by molar-refractivity contribution is 6.09. The standard InChI is InChI=1S/C22H22O5/c1-15(3-2-14-23)4-10-18-21(26)13-11-19(22(18)27)20(25)12-7-16-5-8-17(24)9-6-16/h4-9,11-14,24,26-27H,2-3,10H2,1H3. The number of hydrogen-bond donors (Lipinski definition) is 3. The fraction of sp³-hybridized carbons (Fsp3) is 0.182. The van der Waals surface area contributed by atoms with Crippen molar-refractivity contribution in [1.82, 2.24) is 0 Å². The van der Waals surface area contributed by atoms with E-state index in [1.54, 1.807) is 18.2 Å². The van der Waals surface area contributed by atoms with Gasteiger partial charge in [0.05, 0.1) is 5.56 Å². The average molecular weight is 366 g/mol. The Bertz CT molecular complexity index is 876. The highest BCUT2D eigenvalue weighted by atomic mass is 16.3. The summed E-state index contributed by atoms with van der Waals surface area (Å²) < 4.78 is 0. The van der Waals surface area contributed by atoms with Gasteiger partial charge in [0.25, 0.3) is 0 Å². The lowest BCUT2D eigenvalue weighted by Gasteiger charge is -2.09. The minimum atomic E-state index is -0.400. The van der Waals surface area contributed by atoms with E-state index >= 15 is 0 Å². The van der Waals surface area contributed by atoms with E-state index in [4.69, 9.17) is 0 Å². The average Bonchev–Trinajstić information content (AvgIpc) is 2.65. The van der Waals surface area contributed by atoms with Gasteiger partial charge in [-0.05, 0) is 55.7 Å². The van der Waals surface area contributed by atoms with Crippen LogP contribution in [0.25, 0.3) is 6.08 Å². The fourth-order valence-electron chi connectivity index (χ4n) is 2.54. The quantitative estimate of drug-likeness (QED) is 0.282. The maximum absolute atomic E-state index is 12.4. The molecular weight excluding hydrogens is 344 g/mol. The van der Waals surface area contributed by atoms with Gasteiger partial charge < -0.3 is 20.1 Å². The SMILES string of the molecule is CC(=CCc1c(O)ccc(C(=O)C=Cc2ccc(O)cc2)c1O)CCC=O. The molecule has 0 amide bonds. The second kappa shape index (κ2) is 9.38. The van der Waals surface area contributed by atoms with Crippen molar-refractivity contribution in [2.75, 3.05) is 0 Å². The van der Waals surface area contributed by atoms with Gasteiger partial charge in [0.1, 0.15) is 23.5 Å². The van der Waals surface area contributed by atoms with E-state index < -0.39 is 5.78 Å². The molecule has 0 bridgehead atoms. The van der Waals surface area contributed by atoms with Crippen molar-refractivity contribution in [1.29, 1.82) is 0 Å². The summed E-state index contributed by atoms with van der Waals surface area (Å²) in [6.45, 7) is 1.87. The van der Waals surface area contributed by atoms with Crippen LogP contribution in [0.2, 0.25) is 0 Å². The summed E-state index contributed by atoms with van der Waals surface area (Å²) in [6.07, 6.45) is 6.85. The molecule has 5 nitrogen and oxygen atoms in total. The number of carbonyl (C=O) groups is 2. The number of phenolic OH excluding ortho intramolecular Hbond substituents is 3. The topological polar surface area (TPSA) is 94.8 Å². The number of rotatable bonds is 8. The predicted octanol–water partition coefficient (Wildman–Crippen LogP) is 4.17. The Hall–Kier alpha value is -3.34. The number of carbonyl (C=O) groups excluding carboxylic acids is 2. The molecule has 0 radical (unpaired) electrons. The van der Waals surface area contributed by atoms with Crippen molar-refractivity contribution < 1.29 is 24.9 Å². The van der Waals surface area contributed by atoms with E-state index in [-0.39, 0.29) is 34.8 Å². The van der Waals surface area contributed by atoms with E-state index in [2.05, 4.69) is 0 Å². The number of hydrogen-bond acceptors (Lipinski definition) is 5. The number of benzene rings is 2. The molecule has 0 aliphatic heterocycles. The van der Waals surface area contributed by atoms with E-state index in [0.29, 0.717) is 12.8 Å². The van der Waals surface area contributed by atoms with Crippen molar-refractivity contribution in [2.45, 2.75) is 26.2 Å². The number of aldehydes is 1. The van der Waals surface area contributed by atoms with Gasteiger partial charge in [0.2, 0.25) is 0 Å². The lowest BCUT2D eigenvalue weighted by Crippen LogP contribution is -1.98. The Labute approximate surface area is 157 Å². The Balaban J connectivity index is 2.21. The van der Waals surface area contributed by atoms with Crippen LogP contribution < -0.4 is 0 Å². The van der Waals surface area contributed by atoms with Crippen molar-refractivity contribution in [2.24, 2.45) is 0 Å². The maximum atomic E-state index is 12.4. The molecular formula is C22H22O5. The molecule has 3 N–H and O–H groups in total. The van der Waals surface area contributed by atoms with E-state index in [9.17, 15) is 24.9 Å². The van der Waals surface area contributed by atoms with Crippen molar-refractivity contribution in [3.05, 3.63) is 70.8 Å². The normalized spacial score (nSPS) is 11.7. The lowest BCUT2D eigenvalue weighted by molar-refractivity contribution is -0.107. The number of ketones is 1. The summed E-state index contributed by atoms with van der Waals surface area (Å²) >= 11 is 0. The van der Waals surface area contributed by atoms with Crippen molar-refractivity contribution in [3.8, 4) is 17.2 Å². The molecule has 0 saturated heterocycles. The molecule has 140 valence electrons. The molecule has 0 aliphatic rings. The van der Waals surface area contributed by atoms with Gasteiger partial charge in [0.15, 0.2) is 5.78 Å². The number of phenols is 3. The molecule has 0 spiro atoms. The predicted molar refractivity (Wildman–Crippen MR) is 104 cm³/mol. The lowest BCUT2D eigenvalue weighted by atomic mass is 9.99. The molecule has 2 aromatic carbocycles. The van der Waals surface area contributed by atoms with Crippen LogP contribution in [0.4, 0.5) is 0 Å². The fourth-order valence-corrected chi connectivity index (χ4v) is 2.54. The van der Waals surface area contributed by atoms with Crippen LogP contribution >= 0.6 is 0 Å². The zero-order chi connectivity index (χ0) is 19.8. The van der Waals surface area contributed by atoms with Gasteiger partial charge in [-0.2, -0.15) is 0 Å².